The number of hydrogen-bond acceptors (Lipinski definition) is 9. The molecule has 0 heterocycles. The predicted molar refractivity (Wildman–Crippen MR) is 139 cm³/mol. The molecule has 0 aromatic heterocycles. The number of nitriles is 2. The van der Waals surface area contributed by atoms with Gasteiger partial charge in [-0.1, -0.05) is 0 Å². The maximum absolute atomic E-state index is 9.99. The molecule has 0 amide bonds. The van der Waals surface area contributed by atoms with E-state index in [-0.39, 0.29) is 5.57 Å². The van der Waals surface area contributed by atoms with Crippen molar-refractivity contribution in [2.24, 2.45) is 0 Å². The molecule has 3 aromatic rings. The third-order valence-electron chi connectivity index (χ3n) is 5.59. The highest BCUT2D eigenvalue weighted by Gasteiger charge is 2.25. The van der Waals surface area contributed by atoms with Crippen LogP contribution in [0, 0.1) is 22.7 Å². The second-order valence-corrected chi connectivity index (χ2v) is 7.43. The molecule has 0 saturated carbocycles. The van der Waals surface area contributed by atoms with Crippen molar-refractivity contribution in [1.82, 2.24) is 0 Å². The lowest BCUT2D eigenvalue weighted by molar-refractivity contribution is 0.354. The number of allylic oxidation sites excluding steroid dienone is 1. The van der Waals surface area contributed by atoms with Crippen molar-refractivity contribution in [1.29, 1.82) is 10.5 Å². The van der Waals surface area contributed by atoms with Crippen LogP contribution in [-0.4, -0.2) is 42.7 Å². The first-order chi connectivity index (χ1) is 18.0. The van der Waals surface area contributed by atoms with Gasteiger partial charge in [0.1, 0.15) is 12.1 Å². The second-order valence-electron chi connectivity index (χ2n) is 7.43. The van der Waals surface area contributed by atoms with Gasteiger partial charge in [0.2, 0.25) is 0 Å². The number of nitrogens with zero attached hydrogens (tertiary/aromatic N) is 3. The van der Waals surface area contributed by atoms with E-state index in [2.05, 4.69) is 0 Å². The van der Waals surface area contributed by atoms with E-state index in [0.717, 1.165) is 0 Å². The van der Waals surface area contributed by atoms with E-state index in [0.29, 0.717) is 57.1 Å². The molecule has 9 heteroatoms. The minimum absolute atomic E-state index is 0.128. The summed E-state index contributed by atoms with van der Waals surface area (Å²) in [6.07, 6.45) is 0. The van der Waals surface area contributed by atoms with Gasteiger partial charge in [0.25, 0.3) is 0 Å². The van der Waals surface area contributed by atoms with E-state index in [9.17, 15) is 10.5 Å². The molecule has 0 spiro atoms. The highest BCUT2D eigenvalue weighted by molar-refractivity contribution is 5.93. The fraction of sp³-hybridized carbons (Fsp3) is 0.214. The third-order valence-corrected chi connectivity index (χ3v) is 5.59. The van der Waals surface area contributed by atoms with E-state index in [1.165, 1.54) is 28.4 Å². The van der Waals surface area contributed by atoms with Crippen LogP contribution in [0.25, 0.3) is 5.70 Å². The van der Waals surface area contributed by atoms with Crippen molar-refractivity contribution in [2.75, 3.05) is 47.6 Å². The summed E-state index contributed by atoms with van der Waals surface area (Å²) in [6, 6.07) is 19.8. The molecule has 0 aliphatic heterocycles. The molecule has 0 saturated heterocycles. The van der Waals surface area contributed by atoms with Gasteiger partial charge < -0.3 is 33.3 Å². The van der Waals surface area contributed by atoms with Crippen LogP contribution in [0.3, 0.4) is 0 Å². The number of anilines is 2. The summed E-state index contributed by atoms with van der Waals surface area (Å²) in [7, 11) is 9.20. The van der Waals surface area contributed by atoms with Gasteiger partial charge in [0.05, 0.1) is 59.7 Å². The van der Waals surface area contributed by atoms with Crippen molar-refractivity contribution in [3.05, 3.63) is 65.7 Å². The molecule has 0 radical (unpaired) electrons. The van der Waals surface area contributed by atoms with Crippen molar-refractivity contribution in [3.8, 4) is 46.6 Å². The molecule has 0 N–H and O–H groups in total. The molecule has 3 aromatic carbocycles. The number of rotatable bonds is 10. The summed E-state index contributed by atoms with van der Waals surface area (Å²) >= 11 is 0. The first-order valence-electron chi connectivity index (χ1n) is 11.0. The molecular weight excluding hydrogens is 474 g/mol. The van der Waals surface area contributed by atoms with Crippen LogP contribution < -0.4 is 33.3 Å². The molecule has 0 fully saturated rings. The highest BCUT2D eigenvalue weighted by atomic mass is 16.5. The van der Waals surface area contributed by atoms with Gasteiger partial charge in [-0.15, -0.1) is 0 Å². The fourth-order valence-electron chi connectivity index (χ4n) is 3.83. The largest absolute Gasteiger partial charge is 0.493 e. The monoisotopic (exact) mass is 501 g/mol. The van der Waals surface area contributed by atoms with Crippen LogP contribution in [-0.2, 0) is 0 Å². The van der Waals surface area contributed by atoms with Crippen LogP contribution >= 0.6 is 0 Å². The zero-order chi connectivity index (χ0) is 26.9. The van der Waals surface area contributed by atoms with Crippen molar-refractivity contribution in [3.63, 3.8) is 0 Å². The normalized spacial score (nSPS) is 9.84. The maximum atomic E-state index is 9.99. The molecule has 190 valence electrons. The predicted octanol–water partition coefficient (Wildman–Crippen LogP) is 5.33. The summed E-state index contributed by atoms with van der Waals surface area (Å²) in [5, 5.41) is 20.0. The SMILES string of the molecule is COc1ccc(C(=C(C#N)C#N)N(c2ccc(OC)c(OC)c2)c2ccc(OC)c(OC)c2)cc1OC. The second kappa shape index (κ2) is 12.1. The van der Waals surface area contributed by atoms with E-state index in [4.69, 9.17) is 28.4 Å². The summed E-state index contributed by atoms with van der Waals surface area (Å²) in [5.41, 5.74) is 1.91. The van der Waals surface area contributed by atoms with E-state index in [1.807, 2.05) is 12.1 Å². The molecule has 0 unspecified atom stereocenters. The Morgan fingerprint density at radius 1 is 0.541 bits per heavy atom. The Morgan fingerprint density at radius 2 is 0.919 bits per heavy atom. The minimum Gasteiger partial charge on any atom is -0.493 e. The fourth-order valence-corrected chi connectivity index (χ4v) is 3.83. The average Bonchev–Trinajstić information content (AvgIpc) is 2.96. The van der Waals surface area contributed by atoms with Gasteiger partial charge in [-0.3, -0.25) is 0 Å². The van der Waals surface area contributed by atoms with E-state index < -0.39 is 0 Å². The molecule has 37 heavy (non-hydrogen) atoms. The van der Waals surface area contributed by atoms with Gasteiger partial charge in [-0.05, 0) is 42.5 Å². The topological polar surface area (TPSA) is 106 Å². The standard InChI is InChI=1S/C28H27N3O6/c1-32-22-10-7-18(13-25(22)35-4)28(19(16-29)17-30)31(20-8-11-23(33-2)26(14-20)36-5)21-9-12-24(34-3)27(15-21)37-6/h7-15H,1-6H3. The van der Waals surface area contributed by atoms with Gasteiger partial charge >= 0.3 is 0 Å². The van der Waals surface area contributed by atoms with Gasteiger partial charge in [0, 0.05) is 17.7 Å². The summed E-state index contributed by atoms with van der Waals surface area (Å²) in [4.78, 5) is 1.76. The Bertz CT molecular complexity index is 1320. The molecule has 3 rings (SSSR count). The van der Waals surface area contributed by atoms with Crippen molar-refractivity contribution in [2.45, 2.75) is 0 Å². The molecule has 9 nitrogen and oxygen atoms in total. The van der Waals surface area contributed by atoms with Gasteiger partial charge in [-0.25, -0.2) is 0 Å². The first kappa shape index (κ1) is 26.6. The maximum Gasteiger partial charge on any atom is 0.162 e. The number of methoxy groups -OCH3 is 6. The lowest BCUT2D eigenvalue weighted by atomic mass is 10.0. The van der Waals surface area contributed by atoms with Gasteiger partial charge in [0.15, 0.2) is 40.1 Å². The Hall–Kier alpha value is -5.02. The Kier molecular flexibility index (Phi) is 8.69. The Morgan fingerprint density at radius 3 is 1.30 bits per heavy atom. The van der Waals surface area contributed by atoms with E-state index in [1.54, 1.807) is 73.7 Å². The zero-order valence-corrected chi connectivity index (χ0v) is 21.5. The van der Waals surface area contributed by atoms with Crippen molar-refractivity contribution >= 4 is 17.1 Å². The number of ether oxygens (including phenoxy) is 6. The molecular formula is C28H27N3O6. The van der Waals surface area contributed by atoms with Crippen LogP contribution in [0.15, 0.2) is 60.2 Å². The molecule has 0 atom stereocenters. The van der Waals surface area contributed by atoms with Crippen LogP contribution in [0.1, 0.15) is 5.56 Å². The number of hydrogen-bond donors (Lipinski definition) is 0. The summed E-state index contributed by atoms with van der Waals surface area (Å²) < 4.78 is 32.7. The van der Waals surface area contributed by atoms with Crippen LogP contribution in [0.2, 0.25) is 0 Å². The minimum atomic E-state index is -0.128. The highest BCUT2D eigenvalue weighted by Crippen LogP contribution is 2.44. The summed E-state index contributed by atoms with van der Waals surface area (Å²) in [5.74, 6) is 2.92. The Balaban J connectivity index is 2.42. The average molecular weight is 502 g/mol. The Labute approximate surface area is 216 Å². The molecule has 0 aliphatic carbocycles. The summed E-state index contributed by atoms with van der Waals surface area (Å²) in [6.45, 7) is 0. The molecule has 0 aliphatic rings. The lowest BCUT2D eigenvalue weighted by Crippen LogP contribution is -2.18. The molecule has 0 bridgehead atoms. The number of benzene rings is 3. The van der Waals surface area contributed by atoms with E-state index >= 15 is 0 Å². The van der Waals surface area contributed by atoms with Gasteiger partial charge in [-0.2, -0.15) is 10.5 Å². The zero-order valence-electron chi connectivity index (χ0n) is 21.5. The quantitative estimate of drug-likeness (QED) is 0.341. The lowest BCUT2D eigenvalue weighted by Gasteiger charge is -2.29. The first-order valence-corrected chi connectivity index (χ1v) is 11.0. The van der Waals surface area contributed by atoms with Crippen LogP contribution in [0.5, 0.6) is 34.5 Å². The smallest absolute Gasteiger partial charge is 0.162 e. The van der Waals surface area contributed by atoms with Crippen LogP contribution in [0.4, 0.5) is 11.4 Å². The van der Waals surface area contributed by atoms with Crippen molar-refractivity contribution < 1.29 is 28.4 Å². The third kappa shape index (κ3) is 5.31.